The summed E-state index contributed by atoms with van der Waals surface area (Å²) in [7, 11) is 0. The van der Waals surface area contributed by atoms with E-state index in [0.29, 0.717) is 19.8 Å². The number of aliphatic imine (C=N–C) groups is 1. The molecular weight excluding hydrogens is 270 g/mol. The van der Waals surface area contributed by atoms with Gasteiger partial charge in [-0.2, -0.15) is 0 Å². The van der Waals surface area contributed by atoms with Crippen LogP contribution in [0.2, 0.25) is 0 Å². The second kappa shape index (κ2) is 9.41. The van der Waals surface area contributed by atoms with Crippen molar-refractivity contribution in [3.63, 3.8) is 0 Å². The van der Waals surface area contributed by atoms with Gasteiger partial charge in [0.05, 0.1) is 25.6 Å². The van der Waals surface area contributed by atoms with E-state index in [-0.39, 0.29) is 6.10 Å². The Balaban J connectivity index is 1.61. The summed E-state index contributed by atoms with van der Waals surface area (Å²) in [6.45, 7) is 6.30. The number of guanidine groups is 1. The summed E-state index contributed by atoms with van der Waals surface area (Å²) in [6.07, 6.45) is 4.20. The molecule has 0 saturated carbocycles. The highest BCUT2D eigenvalue weighted by atomic mass is 16.5. The summed E-state index contributed by atoms with van der Waals surface area (Å²) < 4.78 is 16.4. The Bertz CT molecular complexity index is 400. The third-order valence-corrected chi connectivity index (χ3v) is 3.18. The van der Waals surface area contributed by atoms with E-state index in [4.69, 9.17) is 13.9 Å². The molecule has 1 saturated heterocycles. The first kappa shape index (κ1) is 15.9. The van der Waals surface area contributed by atoms with Gasteiger partial charge < -0.3 is 24.5 Å². The zero-order valence-corrected chi connectivity index (χ0v) is 12.6. The van der Waals surface area contributed by atoms with Gasteiger partial charge in [-0.3, -0.25) is 0 Å². The van der Waals surface area contributed by atoms with E-state index in [1.165, 1.54) is 0 Å². The van der Waals surface area contributed by atoms with Crippen LogP contribution in [0.3, 0.4) is 0 Å². The Morgan fingerprint density at radius 1 is 1.48 bits per heavy atom. The monoisotopic (exact) mass is 295 g/mol. The number of nitrogens with zero attached hydrogens (tertiary/aromatic N) is 1. The zero-order chi connectivity index (χ0) is 14.8. The molecule has 1 aromatic rings. The van der Waals surface area contributed by atoms with Crippen LogP contribution >= 0.6 is 0 Å². The lowest BCUT2D eigenvalue weighted by atomic mass is 10.2. The van der Waals surface area contributed by atoms with Crippen molar-refractivity contribution in [2.45, 2.75) is 32.4 Å². The Hall–Kier alpha value is -1.53. The van der Waals surface area contributed by atoms with Gasteiger partial charge in [0, 0.05) is 19.7 Å². The minimum Gasteiger partial charge on any atom is -0.467 e. The van der Waals surface area contributed by atoms with Crippen molar-refractivity contribution in [3.8, 4) is 0 Å². The minimum absolute atomic E-state index is 0.283. The molecule has 1 fully saturated rings. The number of rotatable bonds is 8. The van der Waals surface area contributed by atoms with Crippen LogP contribution < -0.4 is 10.6 Å². The van der Waals surface area contributed by atoms with Gasteiger partial charge in [-0.25, -0.2) is 4.99 Å². The van der Waals surface area contributed by atoms with Crippen LogP contribution in [-0.2, 0) is 16.0 Å². The van der Waals surface area contributed by atoms with Gasteiger partial charge in [-0.15, -0.1) is 0 Å². The average Bonchev–Trinajstić information content (AvgIpc) is 3.17. The van der Waals surface area contributed by atoms with Crippen molar-refractivity contribution in [1.29, 1.82) is 0 Å². The molecule has 0 radical (unpaired) electrons. The van der Waals surface area contributed by atoms with Gasteiger partial charge >= 0.3 is 0 Å². The minimum atomic E-state index is 0.283. The maximum absolute atomic E-state index is 5.61. The molecule has 2 N–H and O–H groups in total. The Labute approximate surface area is 125 Å². The number of hydrogen-bond acceptors (Lipinski definition) is 4. The van der Waals surface area contributed by atoms with Crippen molar-refractivity contribution in [1.82, 2.24) is 10.6 Å². The van der Waals surface area contributed by atoms with E-state index >= 15 is 0 Å². The molecule has 0 amide bonds. The summed E-state index contributed by atoms with van der Waals surface area (Å²) in [4.78, 5) is 4.45. The molecule has 0 bridgehead atoms. The van der Waals surface area contributed by atoms with Crippen molar-refractivity contribution in [3.05, 3.63) is 24.2 Å². The fourth-order valence-electron chi connectivity index (χ4n) is 2.13. The molecule has 0 spiro atoms. The van der Waals surface area contributed by atoms with E-state index < -0.39 is 0 Å². The summed E-state index contributed by atoms with van der Waals surface area (Å²) >= 11 is 0. The maximum Gasteiger partial charge on any atom is 0.191 e. The highest BCUT2D eigenvalue weighted by Gasteiger charge is 2.14. The molecule has 1 aliphatic heterocycles. The largest absolute Gasteiger partial charge is 0.467 e. The van der Waals surface area contributed by atoms with Crippen molar-refractivity contribution < 1.29 is 13.9 Å². The van der Waals surface area contributed by atoms with Crippen LogP contribution in [0.15, 0.2) is 27.8 Å². The molecular formula is C15H25N3O3. The highest BCUT2D eigenvalue weighted by Crippen LogP contribution is 2.11. The smallest absolute Gasteiger partial charge is 0.191 e. The van der Waals surface area contributed by atoms with Crippen LogP contribution in [0.4, 0.5) is 0 Å². The lowest BCUT2D eigenvalue weighted by Gasteiger charge is -2.13. The second-order valence-corrected chi connectivity index (χ2v) is 4.91. The first-order chi connectivity index (χ1) is 10.4. The average molecular weight is 295 g/mol. The molecule has 1 aliphatic rings. The fourth-order valence-corrected chi connectivity index (χ4v) is 2.13. The van der Waals surface area contributed by atoms with Gasteiger partial charge in [0.25, 0.3) is 0 Å². The van der Waals surface area contributed by atoms with Crippen LogP contribution in [-0.4, -0.2) is 45.0 Å². The molecule has 1 aromatic heterocycles. The molecule has 2 heterocycles. The van der Waals surface area contributed by atoms with E-state index in [0.717, 1.165) is 44.3 Å². The molecule has 6 nitrogen and oxygen atoms in total. The Morgan fingerprint density at radius 2 is 2.43 bits per heavy atom. The van der Waals surface area contributed by atoms with E-state index in [9.17, 15) is 0 Å². The predicted octanol–water partition coefficient (Wildman–Crippen LogP) is 1.53. The van der Waals surface area contributed by atoms with Crippen molar-refractivity contribution >= 4 is 5.96 Å². The van der Waals surface area contributed by atoms with Crippen LogP contribution in [0.1, 0.15) is 25.5 Å². The number of nitrogens with one attached hydrogen (secondary N) is 2. The molecule has 0 aliphatic carbocycles. The maximum atomic E-state index is 5.61. The van der Waals surface area contributed by atoms with Gasteiger partial charge in [-0.05, 0) is 31.9 Å². The van der Waals surface area contributed by atoms with E-state index in [2.05, 4.69) is 15.6 Å². The fraction of sp³-hybridized carbons (Fsp3) is 0.667. The molecule has 6 heteroatoms. The van der Waals surface area contributed by atoms with Crippen molar-refractivity contribution in [2.24, 2.45) is 4.99 Å². The lowest BCUT2D eigenvalue weighted by Crippen LogP contribution is -2.39. The number of ether oxygens (including phenoxy) is 2. The SMILES string of the molecule is CCNC(=NCc1ccco1)NCCOCC1CCCO1. The molecule has 21 heavy (non-hydrogen) atoms. The molecule has 1 atom stereocenters. The lowest BCUT2D eigenvalue weighted by molar-refractivity contribution is 0.0191. The van der Waals surface area contributed by atoms with E-state index in [1.807, 2.05) is 19.1 Å². The van der Waals surface area contributed by atoms with Crippen LogP contribution in [0.25, 0.3) is 0 Å². The third kappa shape index (κ3) is 6.18. The topological polar surface area (TPSA) is 68.0 Å². The van der Waals surface area contributed by atoms with Gasteiger partial charge in [0.15, 0.2) is 5.96 Å². The first-order valence-corrected chi connectivity index (χ1v) is 7.62. The highest BCUT2D eigenvalue weighted by molar-refractivity contribution is 5.79. The van der Waals surface area contributed by atoms with Gasteiger partial charge in [0.2, 0.25) is 0 Å². The molecule has 0 aromatic carbocycles. The zero-order valence-electron chi connectivity index (χ0n) is 12.6. The molecule has 1 unspecified atom stereocenters. The van der Waals surface area contributed by atoms with Crippen LogP contribution in [0, 0.1) is 0 Å². The third-order valence-electron chi connectivity index (χ3n) is 3.18. The summed E-state index contributed by atoms with van der Waals surface area (Å²) in [5.41, 5.74) is 0. The second-order valence-electron chi connectivity index (χ2n) is 4.91. The normalized spacial score (nSPS) is 18.9. The Morgan fingerprint density at radius 3 is 3.14 bits per heavy atom. The van der Waals surface area contributed by atoms with Gasteiger partial charge in [-0.1, -0.05) is 0 Å². The summed E-state index contributed by atoms with van der Waals surface area (Å²) in [5, 5.41) is 6.43. The van der Waals surface area contributed by atoms with Crippen LogP contribution in [0.5, 0.6) is 0 Å². The van der Waals surface area contributed by atoms with E-state index in [1.54, 1.807) is 6.26 Å². The van der Waals surface area contributed by atoms with Crippen molar-refractivity contribution in [2.75, 3.05) is 32.9 Å². The van der Waals surface area contributed by atoms with Gasteiger partial charge in [0.1, 0.15) is 12.3 Å². The Kier molecular flexibility index (Phi) is 7.11. The first-order valence-electron chi connectivity index (χ1n) is 7.62. The summed E-state index contributed by atoms with van der Waals surface area (Å²) in [5.74, 6) is 1.62. The molecule has 118 valence electrons. The quantitative estimate of drug-likeness (QED) is 0.432. The standard InChI is InChI=1S/C15H25N3O3/c1-2-16-15(18-11-13-5-3-8-20-13)17-7-10-19-12-14-6-4-9-21-14/h3,5,8,14H,2,4,6-7,9-12H2,1H3,(H2,16,17,18). The number of furan rings is 1. The number of hydrogen-bond donors (Lipinski definition) is 2. The predicted molar refractivity (Wildman–Crippen MR) is 81.3 cm³/mol. The molecule has 2 rings (SSSR count). The summed E-state index contributed by atoms with van der Waals surface area (Å²) in [6, 6.07) is 3.78.